The number of fused-ring (bicyclic) bond motifs is 1. The molecule has 14 heteroatoms. The van der Waals surface area contributed by atoms with Gasteiger partial charge in [0.2, 0.25) is 0 Å². The summed E-state index contributed by atoms with van der Waals surface area (Å²) in [5.74, 6) is -2.93. The van der Waals surface area contributed by atoms with Gasteiger partial charge in [-0.2, -0.15) is 21.6 Å². The second-order valence-electron chi connectivity index (χ2n) is 9.44. The molecule has 0 N–H and O–H groups in total. The minimum Gasteiger partial charge on any atom is -0.466 e. The van der Waals surface area contributed by atoms with Crippen molar-refractivity contribution in [2.24, 2.45) is 0 Å². The molecular weight excluding hydrogens is 570 g/mol. The van der Waals surface area contributed by atoms with Crippen LogP contribution in [0.5, 0.6) is 5.88 Å². The van der Waals surface area contributed by atoms with E-state index < -0.39 is 39.2 Å². The summed E-state index contributed by atoms with van der Waals surface area (Å²) in [5, 5.41) is 0. The van der Waals surface area contributed by atoms with Gasteiger partial charge in [0, 0.05) is 31.5 Å². The van der Waals surface area contributed by atoms with E-state index in [1.54, 1.807) is 6.92 Å². The molecule has 1 saturated heterocycles. The van der Waals surface area contributed by atoms with Crippen LogP contribution in [0.1, 0.15) is 60.1 Å². The molecule has 3 aromatic rings. The molecule has 1 aromatic heterocycles. The molecule has 0 radical (unpaired) electrons. The molecule has 2 aromatic carbocycles. The van der Waals surface area contributed by atoms with E-state index in [0.29, 0.717) is 19.5 Å². The summed E-state index contributed by atoms with van der Waals surface area (Å²) in [6.07, 6.45) is 1.05. The fourth-order valence-electron chi connectivity index (χ4n) is 4.55. The van der Waals surface area contributed by atoms with Gasteiger partial charge in [0.15, 0.2) is 0 Å². The van der Waals surface area contributed by atoms with Crippen molar-refractivity contribution >= 4 is 33.0 Å². The predicted molar refractivity (Wildman–Crippen MR) is 139 cm³/mol. The Morgan fingerprint density at radius 1 is 1.07 bits per heavy atom. The van der Waals surface area contributed by atoms with E-state index in [1.807, 2.05) is 30.3 Å². The van der Waals surface area contributed by atoms with E-state index in [0.717, 1.165) is 17.7 Å². The predicted octanol–water partition coefficient (Wildman–Crippen LogP) is 4.90. The molecule has 220 valence electrons. The molecule has 1 aliphatic heterocycles. The zero-order chi connectivity index (χ0) is 29.8. The molecule has 0 spiro atoms. The highest BCUT2D eigenvalue weighted by molar-refractivity contribution is 7.87. The summed E-state index contributed by atoms with van der Waals surface area (Å²) in [6, 6.07) is 11.5. The number of benzene rings is 2. The first kappa shape index (κ1) is 30.2. The van der Waals surface area contributed by atoms with Crippen LogP contribution in [0.4, 0.5) is 17.6 Å². The van der Waals surface area contributed by atoms with Gasteiger partial charge in [0.25, 0.3) is 11.8 Å². The van der Waals surface area contributed by atoms with Crippen molar-refractivity contribution < 1.29 is 44.5 Å². The molecule has 1 amide bonds. The second kappa shape index (κ2) is 12.4. The zero-order valence-corrected chi connectivity index (χ0v) is 22.8. The Morgan fingerprint density at radius 3 is 2.46 bits per heavy atom. The van der Waals surface area contributed by atoms with Crippen molar-refractivity contribution in [3.63, 3.8) is 0 Å². The summed E-state index contributed by atoms with van der Waals surface area (Å²) < 4.78 is 86.6. The lowest BCUT2D eigenvalue weighted by Gasteiger charge is -2.18. The average Bonchev–Trinajstić information content (AvgIpc) is 3.41. The first-order chi connectivity index (χ1) is 19.4. The summed E-state index contributed by atoms with van der Waals surface area (Å²) in [4.78, 5) is 34.3. The first-order valence-corrected chi connectivity index (χ1v) is 14.3. The second-order valence-corrected chi connectivity index (χ2v) is 11.0. The third-order valence-electron chi connectivity index (χ3n) is 6.59. The van der Waals surface area contributed by atoms with Gasteiger partial charge >= 0.3 is 21.6 Å². The van der Waals surface area contributed by atoms with Crippen LogP contribution in [0.3, 0.4) is 0 Å². The summed E-state index contributed by atoms with van der Waals surface area (Å²) in [7, 11) is -6.10. The van der Waals surface area contributed by atoms with Crippen LogP contribution < -0.4 is 4.18 Å². The van der Waals surface area contributed by atoms with Crippen LogP contribution >= 0.6 is 0 Å². The van der Waals surface area contributed by atoms with Gasteiger partial charge in [-0.25, -0.2) is 14.4 Å². The van der Waals surface area contributed by atoms with Gasteiger partial charge < -0.3 is 13.8 Å². The Kier molecular flexibility index (Phi) is 9.10. The SMILES string of the molecule is CCOC(=O)CCCCc1nc2cc(C(=O)N3CC[C@@H](c4ccccc4)C3)c(F)cc2nc1OS(=O)(=O)C(F)(F)F. The molecule has 9 nitrogen and oxygen atoms in total. The molecule has 0 saturated carbocycles. The molecule has 0 aliphatic carbocycles. The van der Waals surface area contributed by atoms with Gasteiger partial charge in [-0.3, -0.25) is 9.59 Å². The number of rotatable bonds is 10. The number of aromatic nitrogens is 2. The number of nitrogens with zero attached hydrogens (tertiary/aromatic N) is 3. The third kappa shape index (κ3) is 7.10. The van der Waals surface area contributed by atoms with Crippen LogP contribution in [0.15, 0.2) is 42.5 Å². The third-order valence-corrected chi connectivity index (χ3v) is 7.53. The Labute approximate surface area is 233 Å². The number of carbonyl (C=O) groups excluding carboxylic acids is 2. The standard InChI is InChI=1S/C27H27F4N3O6S/c1-2-39-24(35)11-7-6-10-21-25(40-41(37,38)27(29,30)31)33-23-15-20(28)19(14-22(23)32-21)26(36)34-13-12-18(16-34)17-8-4-3-5-9-17/h3-5,8-9,14-15,18H,2,6-7,10-13,16H2,1H3/t18-/m1/s1. The quantitative estimate of drug-likeness (QED) is 0.107. The van der Waals surface area contributed by atoms with Gasteiger partial charge in [-0.15, -0.1) is 0 Å². The maximum absolute atomic E-state index is 15.1. The lowest BCUT2D eigenvalue weighted by molar-refractivity contribution is -0.143. The molecular formula is C27H27F4N3O6S. The minimum atomic E-state index is -6.10. The number of alkyl halides is 3. The smallest absolute Gasteiger partial charge is 0.466 e. The fraction of sp³-hybridized carbons (Fsp3) is 0.407. The molecule has 0 unspecified atom stereocenters. The molecule has 2 heterocycles. The summed E-state index contributed by atoms with van der Waals surface area (Å²) in [5.41, 5.74) is -5.58. The van der Waals surface area contributed by atoms with E-state index >= 15 is 4.39 Å². The summed E-state index contributed by atoms with van der Waals surface area (Å²) in [6.45, 7) is 2.60. The van der Waals surface area contributed by atoms with E-state index in [-0.39, 0.29) is 60.5 Å². The lowest BCUT2D eigenvalue weighted by atomic mass is 9.99. The Hall–Kier alpha value is -3.81. The number of likely N-dealkylation sites (tertiary alicyclic amines) is 1. The van der Waals surface area contributed by atoms with E-state index in [1.165, 1.54) is 4.90 Å². The largest absolute Gasteiger partial charge is 0.534 e. The molecule has 4 rings (SSSR count). The number of ether oxygens (including phenoxy) is 1. The number of halogens is 4. The Morgan fingerprint density at radius 2 is 1.78 bits per heavy atom. The number of esters is 1. The van der Waals surface area contributed by atoms with Gasteiger partial charge in [0.05, 0.1) is 23.2 Å². The van der Waals surface area contributed by atoms with Crippen LogP contribution in [0, 0.1) is 5.82 Å². The van der Waals surface area contributed by atoms with Crippen molar-refractivity contribution in [1.29, 1.82) is 0 Å². The number of unbranched alkanes of at least 4 members (excludes halogenated alkanes) is 1. The first-order valence-electron chi connectivity index (χ1n) is 12.9. The fourth-order valence-corrected chi connectivity index (χ4v) is 4.99. The van der Waals surface area contributed by atoms with Crippen LogP contribution in [0.2, 0.25) is 0 Å². The number of carbonyl (C=O) groups is 2. The van der Waals surface area contributed by atoms with Crippen LogP contribution in [-0.4, -0.2) is 60.4 Å². The molecule has 1 aliphatic rings. The van der Waals surface area contributed by atoms with Crippen molar-refractivity contribution in [3.8, 4) is 5.88 Å². The number of amides is 1. The molecule has 1 fully saturated rings. The highest BCUT2D eigenvalue weighted by Crippen LogP contribution is 2.32. The normalized spacial score (nSPS) is 15.7. The number of hydrogen-bond acceptors (Lipinski definition) is 8. The lowest BCUT2D eigenvalue weighted by Crippen LogP contribution is -2.29. The maximum atomic E-state index is 15.1. The molecule has 41 heavy (non-hydrogen) atoms. The van der Waals surface area contributed by atoms with Crippen LogP contribution in [-0.2, 0) is 26.1 Å². The van der Waals surface area contributed by atoms with Crippen molar-refractivity contribution in [1.82, 2.24) is 14.9 Å². The Bertz CT molecular complexity index is 1530. The topological polar surface area (TPSA) is 116 Å². The number of aryl methyl sites for hydroxylation is 1. The van der Waals surface area contributed by atoms with E-state index in [4.69, 9.17) is 4.74 Å². The summed E-state index contributed by atoms with van der Waals surface area (Å²) >= 11 is 0. The Balaban J connectivity index is 1.62. The van der Waals surface area contributed by atoms with Gasteiger partial charge in [0.1, 0.15) is 11.5 Å². The van der Waals surface area contributed by atoms with Gasteiger partial charge in [-0.05, 0) is 44.2 Å². The minimum absolute atomic E-state index is 0.0234. The van der Waals surface area contributed by atoms with E-state index in [9.17, 15) is 31.2 Å². The van der Waals surface area contributed by atoms with Crippen molar-refractivity contribution in [2.45, 2.75) is 50.5 Å². The van der Waals surface area contributed by atoms with Crippen molar-refractivity contribution in [3.05, 3.63) is 65.1 Å². The zero-order valence-electron chi connectivity index (χ0n) is 22.0. The molecule has 1 atom stereocenters. The van der Waals surface area contributed by atoms with Gasteiger partial charge in [-0.1, -0.05) is 30.3 Å². The monoisotopic (exact) mass is 597 g/mol. The highest BCUT2D eigenvalue weighted by Gasteiger charge is 2.49. The van der Waals surface area contributed by atoms with Crippen LogP contribution in [0.25, 0.3) is 11.0 Å². The highest BCUT2D eigenvalue weighted by atomic mass is 32.2. The van der Waals surface area contributed by atoms with E-state index in [2.05, 4.69) is 14.2 Å². The average molecular weight is 598 g/mol. The molecule has 0 bridgehead atoms. The number of hydrogen-bond donors (Lipinski definition) is 0. The maximum Gasteiger partial charge on any atom is 0.534 e. The van der Waals surface area contributed by atoms with Crippen molar-refractivity contribution in [2.75, 3.05) is 19.7 Å².